The van der Waals surface area contributed by atoms with Gasteiger partial charge < -0.3 is 9.47 Å². The van der Waals surface area contributed by atoms with Gasteiger partial charge in [0.2, 0.25) is 0 Å². The van der Waals surface area contributed by atoms with Gasteiger partial charge in [0.1, 0.15) is 6.10 Å². The number of cyclic esters (lactones) is 1. The van der Waals surface area contributed by atoms with Gasteiger partial charge in [-0.05, 0) is 18.4 Å². The Morgan fingerprint density at radius 1 is 0.812 bits per heavy atom. The lowest BCUT2D eigenvalue weighted by atomic mass is 9.86. The fraction of sp³-hybridized carbons (Fsp3) is 0.759. The lowest BCUT2D eigenvalue weighted by Gasteiger charge is -2.37. The Hall–Kier alpha value is -1.35. The molecule has 3 heteroatoms. The summed E-state index contributed by atoms with van der Waals surface area (Å²) in [6.45, 7) is 5.14. The minimum atomic E-state index is 0.0105. The van der Waals surface area contributed by atoms with Crippen molar-refractivity contribution < 1.29 is 14.3 Å². The number of ether oxygens (including phenoxy) is 2. The van der Waals surface area contributed by atoms with Crippen LogP contribution in [-0.2, 0) is 20.9 Å². The maximum atomic E-state index is 12.0. The topological polar surface area (TPSA) is 35.5 Å². The smallest absolute Gasteiger partial charge is 0.313 e. The van der Waals surface area contributed by atoms with Crippen molar-refractivity contribution >= 4 is 5.97 Å². The van der Waals surface area contributed by atoms with Gasteiger partial charge >= 0.3 is 5.97 Å². The molecule has 32 heavy (non-hydrogen) atoms. The van der Waals surface area contributed by atoms with Crippen molar-refractivity contribution in [1.29, 1.82) is 0 Å². The van der Waals surface area contributed by atoms with Crippen LogP contribution in [0.2, 0.25) is 0 Å². The summed E-state index contributed by atoms with van der Waals surface area (Å²) in [6, 6.07) is 10.4. The number of hydrogen-bond donors (Lipinski definition) is 0. The van der Waals surface area contributed by atoms with Gasteiger partial charge in [-0.1, -0.05) is 128 Å². The van der Waals surface area contributed by atoms with E-state index in [0.29, 0.717) is 6.61 Å². The van der Waals surface area contributed by atoms with Crippen LogP contribution in [-0.4, -0.2) is 18.2 Å². The van der Waals surface area contributed by atoms with Crippen LogP contribution in [0.5, 0.6) is 0 Å². The van der Waals surface area contributed by atoms with Crippen LogP contribution in [0.3, 0.4) is 0 Å². The first kappa shape index (κ1) is 26.9. The van der Waals surface area contributed by atoms with Crippen molar-refractivity contribution in [3.05, 3.63) is 35.9 Å². The lowest BCUT2D eigenvalue weighted by molar-refractivity contribution is -0.190. The molecule has 1 aromatic carbocycles. The Morgan fingerprint density at radius 3 is 2.03 bits per heavy atom. The summed E-state index contributed by atoms with van der Waals surface area (Å²) in [5.41, 5.74) is 1.21. The molecule has 1 aliphatic rings. The summed E-state index contributed by atoms with van der Waals surface area (Å²) >= 11 is 0. The Morgan fingerprint density at radius 2 is 1.41 bits per heavy atom. The van der Waals surface area contributed by atoms with Crippen LogP contribution in [0, 0.1) is 5.92 Å². The molecule has 1 fully saturated rings. The SMILES string of the molecule is CCCCCCCCCCC[C@H](CC1OC(=O)C1CCCCCC)OCc1ccccc1. The second-order valence-corrected chi connectivity index (χ2v) is 9.70. The van der Waals surface area contributed by atoms with Crippen molar-refractivity contribution in [2.45, 2.75) is 135 Å². The van der Waals surface area contributed by atoms with Crippen LogP contribution >= 0.6 is 0 Å². The van der Waals surface area contributed by atoms with E-state index in [4.69, 9.17) is 9.47 Å². The first-order chi connectivity index (χ1) is 15.7. The second-order valence-electron chi connectivity index (χ2n) is 9.70. The van der Waals surface area contributed by atoms with Crippen molar-refractivity contribution in [3.63, 3.8) is 0 Å². The van der Waals surface area contributed by atoms with Crippen molar-refractivity contribution in [1.82, 2.24) is 0 Å². The molecule has 0 saturated carbocycles. The Balaban J connectivity index is 1.72. The molecule has 0 N–H and O–H groups in total. The highest BCUT2D eigenvalue weighted by Gasteiger charge is 2.42. The third kappa shape index (κ3) is 11.0. The van der Waals surface area contributed by atoms with E-state index < -0.39 is 0 Å². The maximum Gasteiger partial charge on any atom is 0.313 e. The number of esters is 1. The van der Waals surface area contributed by atoms with Crippen LogP contribution in [0.4, 0.5) is 0 Å². The molecule has 0 bridgehead atoms. The average Bonchev–Trinajstić information content (AvgIpc) is 2.81. The quantitative estimate of drug-likeness (QED) is 0.150. The predicted molar refractivity (Wildman–Crippen MR) is 134 cm³/mol. The normalized spacial score (nSPS) is 18.9. The highest BCUT2D eigenvalue weighted by molar-refractivity contribution is 5.78. The molecule has 182 valence electrons. The van der Waals surface area contributed by atoms with Gasteiger partial charge in [0.15, 0.2) is 0 Å². The van der Waals surface area contributed by atoms with E-state index in [1.165, 1.54) is 82.6 Å². The molecule has 2 unspecified atom stereocenters. The molecular weight excluding hydrogens is 396 g/mol. The van der Waals surface area contributed by atoms with Gasteiger partial charge in [-0.15, -0.1) is 0 Å². The van der Waals surface area contributed by atoms with Gasteiger partial charge in [0, 0.05) is 6.42 Å². The van der Waals surface area contributed by atoms with Gasteiger partial charge in [-0.3, -0.25) is 4.79 Å². The van der Waals surface area contributed by atoms with Gasteiger partial charge in [-0.25, -0.2) is 0 Å². The van der Waals surface area contributed by atoms with E-state index in [1.54, 1.807) is 0 Å². The number of carbonyl (C=O) groups excluding carboxylic acids is 1. The molecule has 3 nitrogen and oxygen atoms in total. The summed E-state index contributed by atoms with van der Waals surface area (Å²) in [5, 5.41) is 0. The van der Waals surface area contributed by atoms with E-state index in [2.05, 4.69) is 38.1 Å². The zero-order chi connectivity index (χ0) is 22.9. The third-order valence-electron chi connectivity index (χ3n) is 6.84. The fourth-order valence-corrected chi connectivity index (χ4v) is 4.70. The van der Waals surface area contributed by atoms with E-state index in [9.17, 15) is 4.79 Å². The monoisotopic (exact) mass is 444 g/mol. The molecule has 2 rings (SSSR count). The number of hydrogen-bond acceptors (Lipinski definition) is 3. The standard InChI is InChI=1S/C29H48O3/c1-3-5-7-9-10-11-12-13-17-21-26(31-24-25-19-15-14-16-20-25)23-28-27(29(30)32-28)22-18-8-6-4-2/h14-16,19-20,26-28H,3-13,17-18,21-24H2,1-2H3/t26-,27?,28?/m1/s1. The molecule has 0 aliphatic carbocycles. The minimum Gasteiger partial charge on any atom is -0.461 e. The molecule has 1 saturated heterocycles. The zero-order valence-corrected chi connectivity index (χ0v) is 20.9. The van der Waals surface area contributed by atoms with Crippen LogP contribution in [0.15, 0.2) is 30.3 Å². The van der Waals surface area contributed by atoms with E-state index in [0.717, 1.165) is 25.7 Å². The van der Waals surface area contributed by atoms with Crippen molar-refractivity contribution in [2.24, 2.45) is 5.92 Å². The third-order valence-corrected chi connectivity index (χ3v) is 6.84. The van der Waals surface area contributed by atoms with E-state index in [-0.39, 0.29) is 24.1 Å². The molecule has 0 amide bonds. The molecule has 1 heterocycles. The van der Waals surface area contributed by atoms with Gasteiger partial charge in [0.25, 0.3) is 0 Å². The van der Waals surface area contributed by atoms with E-state index in [1.807, 2.05) is 6.07 Å². The largest absolute Gasteiger partial charge is 0.461 e. The average molecular weight is 445 g/mol. The summed E-state index contributed by atoms with van der Waals surface area (Å²) in [5.74, 6) is 0.106. The first-order valence-corrected chi connectivity index (χ1v) is 13.6. The van der Waals surface area contributed by atoms with Crippen LogP contribution < -0.4 is 0 Å². The van der Waals surface area contributed by atoms with Crippen LogP contribution in [0.1, 0.15) is 122 Å². The fourth-order valence-electron chi connectivity index (χ4n) is 4.70. The molecule has 0 spiro atoms. The molecule has 1 aromatic rings. The molecule has 0 radical (unpaired) electrons. The maximum absolute atomic E-state index is 12.0. The highest BCUT2D eigenvalue weighted by atomic mass is 16.6. The summed E-state index contributed by atoms with van der Waals surface area (Å²) in [7, 11) is 0. The number of benzene rings is 1. The summed E-state index contributed by atoms with van der Waals surface area (Å²) in [4.78, 5) is 12.0. The Kier molecular flexibility index (Phi) is 14.4. The molecule has 0 aromatic heterocycles. The second kappa shape index (κ2) is 17.2. The number of unbranched alkanes of at least 4 members (excludes halogenated alkanes) is 11. The minimum absolute atomic E-state index is 0.0105. The summed E-state index contributed by atoms with van der Waals surface area (Å²) in [6.07, 6.45) is 20.0. The van der Waals surface area contributed by atoms with Gasteiger partial charge in [-0.2, -0.15) is 0 Å². The predicted octanol–water partition coefficient (Wildman–Crippen LogP) is 8.39. The van der Waals surface area contributed by atoms with Crippen molar-refractivity contribution in [2.75, 3.05) is 0 Å². The van der Waals surface area contributed by atoms with E-state index >= 15 is 0 Å². The summed E-state index contributed by atoms with van der Waals surface area (Å²) < 4.78 is 11.9. The zero-order valence-electron chi connectivity index (χ0n) is 20.9. The van der Waals surface area contributed by atoms with Gasteiger partial charge in [0.05, 0.1) is 18.6 Å². The highest BCUT2D eigenvalue weighted by Crippen LogP contribution is 2.32. The Bertz CT molecular complexity index is 585. The van der Waals surface area contributed by atoms with Crippen LogP contribution in [0.25, 0.3) is 0 Å². The number of carbonyl (C=O) groups is 1. The molecular formula is C29H48O3. The van der Waals surface area contributed by atoms with Crippen molar-refractivity contribution in [3.8, 4) is 0 Å². The first-order valence-electron chi connectivity index (χ1n) is 13.6. The lowest BCUT2D eigenvalue weighted by Crippen LogP contribution is -2.47. The molecule has 3 atom stereocenters. The number of rotatable bonds is 20. The Labute approximate surface area is 197 Å². The molecule has 1 aliphatic heterocycles.